The van der Waals surface area contributed by atoms with Crippen molar-refractivity contribution in [3.8, 4) is 11.3 Å². The minimum atomic E-state index is -0.430. The Kier molecular flexibility index (Phi) is 2.61. The third-order valence-electron chi connectivity index (χ3n) is 3.05. The molecular formula is C15H14N2O. The summed E-state index contributed by atoms with van der Waals surface area (Å²) in [6.45, 7) is 1.76. The molecule has 2 heterocycles. The fourth-order valence-corrected chi connectivity index (χ4v) is 2.01. The van der Waals surface area contributed by atoms with Crippen molar-refractivity contribution in [2.75, 3.05) is 0 Å². The van der Waals surface area contributed by atoms with Crippen molar-refractivity contribution >= 4 is 5.65 Å². The molecule has 0 amide bonds. The first-order valence-electron chi connectivity index (χ1n) is 5.96. The Morgan fingerprint density at radius 3 is 2.56 bits per heavy atom. The van der Waals surface area contributed by atoms with Gasteiger partial charge in [-0.05, 0) is 24.6 Å². The maximum Gasteiger partial charge on any atom is 0.137 e. The standard InChI is InChI=1S/C15H14N2O/c1-11(18)12-5-7-13(8-6-12)14-10-17-9-3-2-4-15(17)16-14/h2-11,18H,1H3/t11-/m1/s1. The van der Waals surface area contributed by atoms with E-state index in [4.69, 9.17) is 0 Å². The van der Waals surface area contributed by atoms with Gasteiger partial charge in [-0.15, -0.1) is 0 Å². The van der Waals surface area contributed by atoms with Crippen molar-refractivity contribution in [3.63, 3.8) is 0 Å². The minimum Gasteiger partial charge on any atom is -0.389 e. The van der Waals surface area contributed by atoms with Gasteiger partial charge in [0.15, 0.2) is 0 Å². The lowest BCUT2D eigenvalue weighted by Crippen LogP contribution is -1.89. The molecule has 3 aromatic rings. The summed E-state index contributed by atoms with van der Waals surface area (Å²) in [6, 6.07) is 13.8. The lowest BCUT2D eigenvalue weighted by molar-refractivity contribution is 0.199. The lowest BCUT2D eigenvalue weighted by atomic mass is 10.1. The molecule has 18 heavy (non-hydrogen) atoms. The Balaban J connectivity index is 2.03. The second kappa shape index (κ2) is 4.27. The van der Waals surface area contributed by atoms with Crippen LogP contribution in [0.3, 0.4) is 0 Å². The number of aromatic nitrogens is 2. The van der Waals surface area contributed by atoms with Gasteiger partial charge in [-0.1, -0.05) is 30.3 Å². The highest BCUT2D eigenvalue weighted by Crippen LogP contribution is 2.21. The van der Waals surface area contributed by atoms with Crippen LogP contribution in [0.25, 0.3) is 16.9 Å². The summed E-state index contributed by atoms with van der Waals surface area (Å²) in [6.07, 6.45) is 3.56. The summed E-state index contributed by atoms with van der Waals surface area (Å²) in [7, 11) is 0. The summed E-state index contributed by atoms with van der Waals surface area (Å²) in [5.41, 5.74) is 3.86. The molecule has 0 saturated heterocycles. The fourth-order valence-electron chi connectivity index (χ4n) is 2.01. The van der Waals surface area contributed by atoms with Crippen molar-refractivity contribution in [1.29, 1.82) is 0 Å². The SMILES string of the molecule is C[C@@H](O)c1ccc(-c2cn3ccccc3n2)cc1. The molecule has 0 unspecified atom stereocenters. The summed E-state index contributed by atoms with van der Waals surface area (Å²) in [5.74, 6) is 0. The largest absolute Gasteiger partial charge is 0.389 e. The van der Waals surface area contributed by atoms with Crippen molar-refractivity contribution in [2.24, 2.45) is 0 Å². The van der Waals surface area contributed by atoms with Crippen molar-refractivity contribution in [2.45, 2.75) is 13.0 Å². The molecule has 3 rings (SSSR count). The highest BCUT2D eigenvalue weighted by Gasteiger charge is 2.05. The number of pyridine rings is 1. The first kappa shape index (κ1) is 11.0. The van der Waals surface area contributed by atoms with Crippen LogP contribution in [0.2, 0.25) is 0 Å². The van der Waals surface area contributed by atoms with E-state index < -0.39 is 6.10 Å². The van der Waals surface area contributed by atoms with Crippen LogP contribution in [0, 0.1) is 0 Å². The van der Waals surface area contributed by atoms with Crippen molar-refractivity contribution in [1.82, 2.24) is 9.38 Å². The predicted molar refractivity (Wildman–Crippen MR) is 71.3 cm³/mol. The van der Waals surface area contributed by atoms with Crippen LogP contribution in [-0.4, -0.2) is 14.5 Å². The van der Waals surface area contributed by atoms with E-state index in [0.29, 0.717) is 0 Å². The van der Waals surface area contributed by atoms with E-state index in [1.807, 2.05) is 59.3 Å². The summed E-state index contributed by atoms with van der Waals surface area (Å²) in [5, 5.41) is 9.48. The zero-order valence-electron chi connectivity index (χ0n) is 10.1. The minimum absolute atomic E-state index is 0.430. The Labute approximate surface area is 105 Å². The molecule has 90 valence electrons. The van der Waals surface area contributed by atoms with E-state index in [9.17, 15) is 5.11 Å². The van der Waals surface area contributed by atoms with E-state index in [1.165, 1.54) is 0 Å². The highest BCUT2D eigenvalue weighted by atomic mass is 16.3. The van der Waals surface area contributed by atoms with E-state index in [2.05, 4.69) is 4.98 Å². The van der Waals surface area contributed by atoms with Gasteiger partial charge in [0.25, 0.3) is 0 Å². The van der Waals surface area contributed by atoms with Gasteiger partial charge < -0.3 is 9.51 Å². The van der Waals surface area contributed by atoms with Crippen molar-refractivity contribution in [3.05, 3.63) is 60.4 Å². The van der Waals surface area contributed by atoms with Gasteiger partial charge in [-0.25, -0.2) is 4.98 Å². The quantitative estimate of drug-likeness (QED) is 0.745. The van der Waals surface area contributed by atoms with Crippen molar-refractivity contribution < 1.29 is 5.11 Å². The molecule has 3 heteroatoms. The number of fused-ring (bicyclic) bond motifs is 1. The van der Waals surface area contributed by atoms with Gasteiger partial charge in [-0.2, -0.15) is 0 Å². The molecule has 1 atom stereocenters. The molecule has 0 aliphatic rings. The van der Waals surface area contributed by atoms with Crippen LogP contribution in [0.4, 0.5) is 0 Å². The monoisotopic (exact) mass is 238 g/mol. The fraction of sp³-hybridized carbons (Fsp3) is 0.133. The molecule has 0 fully saturated rings. The van der Waals surface area contributed by atoms with Crippen LogP contribution in [0.15, 0.2) is 54.9 Å². The molecule has 3 nitrogen and oxygen atoms in total. The number of hydrogen-bond acceptors (Lipinski definition) is 2. The second-order valence-corrected chi connectivity index (χ2v) is 4.39. The maximum absolute atomic E-state index is 9.48. The number of benzene rings is 1. The first-order valence-corrected chi connectivity index (χ1v) is 5.96. The molecule has 0 spiro atoms. The molecule has 1 aromatic carbocycles. The average Bonchev–Trinajstić information content (AvgIpc) is 2.82. The molecule has 0 radical (unpaired) electrons. The number of nitrogens with zero attached hydrogens (tertiary/aromatic N) is 2. The highest BCUT2D eigenvalue weighted by molar-refractivity contribution is 5.62. The molecule has 2 aromatic heterocycles. The molecule has 1 N–H and O–H groups in total. The van der Waals surface area contributed by atoms with Crippen LogP contribution in [0.1, 0.15) is 18.6 Å². The molecular weight excluding hydrogens is 224 g/mol. The van der Waals surface area contributed by atoms with Gasteiger partial charge >= 0.3 is 0 Å². The predicted octanol–water partition coefficient (Wildman–Crippen LogP) is 3.05. The zero-order valence-corrected chi connectivity index (χ0v) is 10.1. The van der Waals surface area contributed by atoms with Crippen LogP contribution in [-0.2, 0) is 0 Å². The third kappa shape index (κ3) is 1.89. The Bertz CT molecular complexity index is 635. The van der Waals surface area contributed by atoms with Crippen LogP contribution < -0.4 is 0 Å². The normalized spacial score (nSPS) is 12.8. The van der Waals surface area contributed by atoms with Gasteiger partial charge in [0.1, 0.15) is 5.65 Å². The van der Waals surface area contributed by atoms with Gasteiger partial charge in [0.05, 0.1) is 11.8 Å². The summed E-state index contributed by atoms with van der Waals surface area (Å²) >= 11 is 0. The Morgan fingerprint density at radius 1 is 1.11 bits per heavy atom. The summed E-state index contributed by atoms with van der Waals surface area (Å²) < 4.78 is 2.00. The molecule has 0 aliphatic carbocycles. The van der Waals surface area contributed by atoms with E-state index >= 15 is 0 Å². The Hall–Kier alpha value is -2.13. The average molecular weight is 238 g/mol. The molecule has 0 bridgehead atoms. The number of aliphatic hydroxyl groups is 1. The van der Waals surface area contributed by atoms with E-state index in [0.717, 1.165) is 22.5 Å². The van der Waals surface area contributed by atoms with Gasteiger partial charge in [-0.3, -0.25) is 0 Å². The van der Waals surface area contributed by atoms with E-state index in [1.54, 1.807) is 6.92 Å². The number of hydrogen-bond donors (Lipinski definition) is 1. The lowest BCUT2D eigenvalue weighted by Gasteiger charge is -2.04. The molecule has 0 aliphatic heterocycles. The maximum atomic E-state index is 9.48. The molecule has 0 saturated carbocycles. The topological polar surface area (TPSA) is 37.5 Å². The zero-order chi connectivity index (χ0) is 12.5. The number of rotatable bonds is 2. The van der Waals surface area contributed by atoms with Gasteiger partial charge in [0.2, 0.25) is 0 Å². The second-order valence-electron chi connectivity index (χ2n) is 4.39. The number of imidazole rings is 1. The smallest absolute Gasteiger partial charge is 0.137 e. The van der Waals surface area contributed by atoms with Gasteiger partial charge in [0, 0.05) is 18.0 Å². The van der Waals surface area contributed by atoms with E-state index in [-0.39, 0.29) is 0 Å². The number of aliphatic hydroxyl groups excluding tert-OH is 1. The summed E-state index contributed by atoms with van der Waals surface area (Å²) in [4.78, 5) is 4.56. The third-order valence-corrected chi connectivity index (χ3v) is 3.05. The van der Waals surface area contributed by atoms with Crippen LogP contribution >= 0.6 is 0 Å². The first-order chi connectivity index (χ1) is 8.74. The van der Waals surface area contributed by atoms with Crippen LogP contribution in [0.5, 0.6) is 0 Å². The Morgan fingerprint density at radius 2 is 1.89 bits per heavy atom.